The molecule has 0 amide bonds. The topological polar surface area (TPSA) is 52.6 Å². The minimum Gasteiger partial charge on any atom is -0.372 e. The summed E-state index contributed by atoms with van der Waals surface area (Å²) in [6, 6.07) is 0. The molecule has 0 saturated carbocycles. The average molecular weight is 146 g/mol. The van der Waals surface area contributed by atoms with Crippen LogP contribution in [0.15, 0.2) is 0 Å². The number of rotatable bonds is 7. The molecule has 0 fully saturated rings. The molecule has 58 valence electrons. The van der Waals surface area contributed by atoms with E-state index in [0.717, 1.165) is 0 Å². The van der Waals surface area contributed by atoms with Crippen molar-refractivity contribution >= 4 is 12.6 Å². The lowest BCUT2D eigenvalue weighted by molar-refractivity contribution is -0.115. The highest BCUT2D eigenvalue weighted by Crippen LogP contribution is 1.74. The molecule has 0 aliphatic rings. The van der Waals surface area contributed by atoms with Gasteiger partial charge in [0, 0.05) is 0 Å². The van der Waals surface area contributed by atoms with E-state index < -0.39 is 0 Å². The number of aldehydes is 2. The highest BCUT2D eigenvalue weighted by molar-refractivity contribution is 5.50. The minimum absolute atomic E-state index is 0.0877. The van der Waals surface area contributed by atoms with E-state index in [1.165, 1.54) is 0 Å². The lowest BCUT2D eigenvalue weighted by atomic mass is 10.7. The van der Waals surface area contributed by atoms with Crippen molar-refractivity contribution in [2.45, 2.75) is 0 Å². The highest BCUT2D eigenvalue weighted by atomic mass is 16.5. The molecule has 0 radical (unpaired) electrons. The number of carbonyl (C=O) groups excluding carboxylic acids is 2. The first-order valence-corrected chi connectivity index (χ1v) is 2.94. The Bertz CT molecular complexity index is 79.7. The van der Waals surface area contributed by atoms with Crippen LogP contribution in [0.2, 0.25) is 0 Å². The number of hydrogen-bond donors (Lipinski definition) is 0. The summed E-state index contributed by atoms with van der Waals surface area (Å²) in [5, 5.41) is 0. The van der Waals surface area contributed by atoms with Crippen molar-refractivity contribution in [3.05, 3.63) is 0 Å². The van der Waals surface area contributed by atoms with Crippen molar-refractivity contribution in [3.8, 4) is 0 Å². The predicted molar refractivity (Wildman–Crippen MR) is 33.8 cm³/mol. The van der Waals surface area contributed by atoms with Gasteiger partial charge in [0.05, 0.1) is 13.2 Å². The molecule has 0 atom stereocenters. The van der Waals surface area contributed by atoms with Crippen molar-refractivity contribution in [3.63, 3.8) is 0 Å². The first-order valence-electron chi connectivity index (χ1n) is 2.94. The molecule has 0 saturated heterocycles. The second-order valence-corrected chi connectivity index (χ2v) is 1.48. The van der Waals surface area contributed by atoms with Crippen LogP contribution in [-0.4, -0.2) is 39.0 Å². The molecule has 4 nitrogen and oxygen atoms in total. The molecule has 10 heavy (non-hydrogen) atoms. The summed E-state index contributed by atoms with van der Waals surface area (Å²) in [6.07, 6.45) is 1.33. The van der Waals surface area contributed by atoms with Gasteiger partial charge in [-0.05, 0) is 0 Å². The van der Waals surface area contributed by atoms with E-state index in [9.17, 15) is 9.59 Å². The van der Waals surface area contributed by atoms with Crippen LogP contribution in [0, 0.1) is 0 Å². The normalized spacial score (nSPS) is 9.20. The van der Waals surface area contributed by atoms with Crippen LogP contribution >= 0.6 is 0 Å². The zero-order valence-electron chi connectivity index (χ0n) is 5.62. The molecule has 4 heteroatoms. The van der Waals surface area contributed by atoms with Gasteiger partial charge in [-0.2, -0.15) is 0 Å². The van der Waals surface area contributed by atoms with Gasteiger partial charge in [0.15, 0.2) is 0 Å². The van der Waals surface area contributed by atoms with E-state index in [1.807, 2.05) is 0 Å². The maximum atomic E-state index is 9.67. The largest absolute Gasteiger partial charge is 0.372 e. The van der Waals surface area contributed by atoms with Crippen LogP contribution in [0.25, 0.3) is 0 Å². The average Bonchev–Trinajstić information content (AvgIpc) is 1.97. The second kappa shape index (κ2) is 8.26. The third-order valence-corrected chi connectivity index (χ3v) is 0.744. The lowest BCUT2D eigenvalue weighted by Crippen LogP contribution is -2.06. The van der Waals surface area contributed by atoms with Gasteiger partial charge in [-0.3, -0.25) is 0 Å². The van der Waals surface area contributed by atoms with Gasteiger partial charge in [0.2, 0.25) is 0 Å². The maximum absolute atomic E-state index is 9.67. The van der Waals surface area contributed by atoms with Crippen LogP contribution in [0.3, 0.4) is 0 Å². The lowest BCUT2D eigenvalue weighted by Gasteiger charge is -1.98. The Labute approximate surface area is 59.1 Å². The van der Waals surface area contributed by atoms with Gasteiger partial charge in [-0.25, -0.2) is 0 Å². The van der Waals surface area contributed by atoms with E-state index in [2.05, 4.69) is 0 Å². The van der Waals surface area contributed by atoms with E-state index in [4.69, 9.17) is 9.47 Å². The predicted octanol–water partition coefficient (Wildman–Crippen LogP) is -0.583. The third-order valence-electron chi connectivity index (χ3n) is 0.744. The summed E-state index contributed by atoms with van der Waals surface area (Å²) in [5.74, 6) is 0. The molecule has 0 unspecified atom stereocenters. The Kier molecular flexibility index (Phi) is 7.65. The first-order chi connectivity index (χ1) is 4.91. The molecule has 0 spiro atoms. The Morgan fingerprint density at radius 2 is 1.30 bits per heavy atom. The zero-order chi connectivity index (χ0) is 7.66. The van der Waals surface area contributed by atoms with Crippen molar-refractivity contribution in [2.24, 2.45) is 0 Å². The van der Waals surface area contributed by atoms with Crippen molar-refractivity contribution in [1.29, 1.82) is 0 Å². The fraction of sp³-hybridized carbons (Fsp3) is 0.667. The SMILES string of the molecule is O=CCOCCOCC=O. The van der Waals surface area contributed by atoms with E-state index in [-0.39, 0.29) is 13.2 Å². The van der Waals surface area contributed by atoms with Gasteiger partial charge >= 0.3 is 0 Å². The molecule has 0 aliphatic carbocycles. The first kappa shape index (κ1) is 9.26. The third kappa shape index (κ3) is 7.26. The van der Waals surface area contributed by atoms with Crippen LogP contribution in [-0.2, 0) is 19.1 Å². The van der Waals surface area contributed by atoms with Crippen molar-refractivity contribution < 1.29 is 19.1 Å². The fourth-order valence-corrected chi connectivity index (χ4v) is 0.381. The number of hydrogen-bond acceptors (Lipinski definition) is 4. The van der Waals surface area contributed by atoms with Gasteiger partial charge in [-0.1, -0.05) is 0 Å². The summed E-state index contributed by atoms with van der Waals surface area (Å²) in [6.45, 7) is 0.883. The maximum Gasteiger partial charge on any atom is 0.145 e. The Hall–Kier alpha value is -0.740. The molecular weight excluding hydrogens is 136 g/mol. The molecule has 0 aliphatic heterocycles. The van der Waals surface area contributed by atoms with Gasteiger partial charge in [0.1, 0.15) is 25.8 Å². The fourth-order valence-electron chi connectivity index (χ4n) is 0.381. The highest BCUT2D eigenvalue weighted by Gasteiger charge is 1.85. The summed E-state index contributed by atoms with van der Waals surface area (Å²) in [7, 11) is 0. The molecule has 0 N–H and O–H groups in total. The second-order valence-electron chi connectivity index (χ2n) is 1.48. The molecule has 0 heterocycles. The van der Waals surface area contributed by atoms with Crippen LogP contribution in [0.4, 0.5) is 0 Å². The Balaban J connectivity index is 2.76. The summed E-state index contributed by atoms with van der Waals surface area (Å²) >= 11 is 0. The zero-order valence-corrected chi connectivity index (χ0v) is 5.62. The van der Waals surface area contributed by atoms with E-state index >= 15 is 0 Å². The van der Waals surface area contributed by atoms with E-state index in [1.54, 1.807) is 0 Å². The molecule has 0 aromatic heterocycles. The van der Waals surface area contributed by atoms with Crippen molar-refractivity contribution in [2.75, 3.05) is 26.4 Å². The van der Waals surface area contributed by atoms with Crippen LogP contribution in [0.5, 0.6) is 0 Å². The minimum atomic E-state index is 0.0877. The monoisotopic (exact) mass is 146 g/mol. The van der Waals surface area contributed by atoms with Gasteiger partial charge < -0.3 is 19.1 Å². The quantitative estimate of drug-likeness (QED) is 0.356. The summed E-state index contributed by atoms with van der Waals surface area (Å²) in [4.78, 5) is 19.3. The van der Waals surface area contributed by atoms with Gasteiger partial charge in [-0.15, -0.1) is 0 Å². The molecule has 0 aromatic carbocycles. The van der Waals surface area contributed by atoms with Gasteiger partial charge in [0.25, 0.3) is 0 Å². The molecule has 0 bridgehead atoms. The molecule has 0 aromatic rings. The van der Waals surface area contributed by atoms with E-state index in [0.29, 0.717) is 25.8 Å². The van der Waals surface area contributed by atoms with Crippen LogP contribution in [0.1, 0.15) is 0 Å². The summed E-state index contributed by atoms with van der Waals surface area (Å²) < 4.78 is 9.44. The molecular formula is C6H10O4. The number of ether oxygens (including phenoxy) is 2. The standard InChI is InChI=1S/C6H10O4/c7-1-3-9-5-6-10-4-2-8/h1-2H,3-6H2. The Morgan fingerprint density at radius 3 is 1.60 bits per heavy atom. The van der Waals surface area contributed by atoms with Crippen molar-refractivity contribution in [1.82, 2.24) is 0 Å². The van der Waals surface area contributed by atoms with Crippen LogP contribution < -0.4 is 0 Å². The summed E-state index contributed by atoms with van der Waals surface area (Å²) in [5.41, 5.74) is 0. The smallest absolute Gasteiger partial charge is 0.145 e. The Morgan fingerprint density at radius 1 is 0.900 bits per heavy atom. The number of carbonyl (C=O) groups is 2. The molecule has 0 rings (SSSR count).